The lowest BCUT2D eigenvalue weighted by Crippen LogP contribution is -2.61. The zero-order valence-corrected chi connectivity index (χ0v) is 49.8. The quantitative estimate of drug-likeness (QED) is 0.0455. The van der Waals surface area contributed by atoms with Gasteiger partial charge in [-0.3, -0.25) is 14.4 Å². The van der Waals surface area contributed by atoms with Crippen molar-refractivity contribution in [2.24, 2.45) is 23.7 Å². The third-order valence-electron chi connectivity index (χ3n) is 16.9. The van der Waals surface area contributed by atoms with Gasteiger partial charge in [-0.1, -0.05) is 69.3 Å². The van der Waals surface area contributed by atoms with E-state index in [0.717, 1.165) is 36.2 Å². The number of fused-ring (bicyclic) bond motifs is 5. The van der Waals surface area contributed by atoms with Gasteiger partial charge >= 0.3 is 5.97 Å². The fraction of sp³-hybridized carbons (Fsp3) is 0.644. The third-order valence-corrected chi connectivity index (χ3v) is 19.4. The molecule has 3 saturated heterocycles. The number of hydrogen-bond acceptors (Lipinski definition) is 17. The number of likely N-dealkylation sites (N-methyl/N-ethyl adjacent to an activating group) is 1. The molecule has 0 aliphatic carbocycles. The second-order valence-electron chi connectivity index (χ2n) is 22.8. The minimum absolute atomic E-state index is 0.0554. The van der Waals surface area contributed by atoms with Crippen molar-refractivity contribution in [2.75, 3.05) is 34.4 Å². The van der Waals surface area contributed by atoms with Crippen LogP contribution in [0.3, 0.4) is 0 Å². The van der Waals surface area contributed by atoms with Crippen LogP contribution in [0.25, 0.3) is 27.6 Å². The zero-order valence-electron chi connectivity index (χ0n) is 47.4. The summed E-state index contributed by atoms with van der Waals surface area (Å²) in [6.45, 7) is 17.9. The first-order valence-corrected chi connectivity index (χ1v) is 29.4. The number of thiophene rings is 1. The molecule has 1 aromatic heterocycles. The van der Waals surface area contributed by atoms with E-state index in [4.69, 9.17) is 44.8 Å². The molecule has 5 heterocycles. The summed E-state index contributed by atoms with van der Waals surface area (Å²) in [6.07, 6.45) is -5.80. The maximum atomic E-state index is 14.5. The molecule has 78 heavy (non-hydrogen) atoms. The summed E-state index contributed by atoms with van der Waals surface area (Å²) in [7, 11) is 4.91. The number of esters is 1. The number of Topliss-reactive ketones (excluding diaryl/α,β-unsaturated/α-hetero) is 1. The molecule has 1 amide bonds. The summed E-state index contributed by atoms with van der Waals surface area (Å²) in [4.78, 5) is 48.4. The highest BCUT2D eigenvalue weighted by Gasteiger charge is 2.54. The molecule has 4 aliphatic rings. The molecule has 3 fully saturated rings. The number of carbonyl (C=O) groups excluding carboxylic acids is 3. The van der Waals surface area contributed by atoms with E-state index in [1.807, 2.05) is 56.1 Å². The predicted molar refractivity (Wildman–Crippen MR) is 301 cm³/mol. The molecular formula is C59H83ClN2O14S2. The highest BCUT2D eigenvalue weighted by molar-refractivity contribution is 7.99. The second kappa shape index (κ2) is 25.9. The van der Waals surface area contributed by atoms with E-state index in [2.05, 4.69) is 29.6 Å². The monoisotopic (exact) mass is 1140 g/mol. The van der Waals surface area contributed by atoms with Gasteiger partial charge in [-0.25, -0.2) is 0 Å². The number of cyclic esters (lactones) is 1. The van der Waals surface area contributed by atoms with E-state index >= 15 is 0 Å². The van der Waals surface area contributed by atoms with Crippen LogP contribution in [0.1, 0.15) is 106 Å². The summed E-state index contributed by atoms with van der Waals surface area (Å²) >= 11 is 9.82. The van der Waals surface area contributed by atoms with Gasteiger partial charge in [0.15, 0.2) is 12.6 Å². The number of rotatable bonds is 14. The predicted octanol–water partition coefficient (Wildman–Crippen LogP) is 8.54. The lowest BCUT2D eigenvalue weighted by Gasteiger charge is -2.50. The van der Waals surface area contributed by atoms with Gasteiger partial charge in [0.05, 0.1) is 47.6 Å². The molecule has 0 saturated carbocycles. The Morgan fingerprint density at radius 1 is 0.885 bits per heavy atom. The molecule has 7 rings (SSSR count). The van der Waals surface area contributed by atoms with Crippen molar-refractivity contribution in [3.05, 3.63) is 64.5 Å². The maximum Gasteiger partial charge on any atom is 0.311 e. The van der Waals surface area contributed by atoms with Crippen LogP contribution in [0.5, 0.6) is 0 Å². The van der Waals surface area contributed by atoms with Crippen LogP contribution in [0.2, 0.25) is 5.02 Å². The number of ether oxygens (including phenoxy) is 7. The van der Waals surface area contributed by atoms with Crippen LogP contribution >= 0.6 is 34.7 Å². The molecule has 0 unspecified atom stereocenters. The van der Waals surface area contributed by atoms with Gasteiger partial charge in [0.2, 0.25) is 5.91 Å². The topological polar surface area (TPSA) is 212 Å². The number of methoxy groups -OCH3 is 2. The molecule has 18 atom stereocenters. The number of amides is 1. The SMILES string of the molecule is CC[C@H]1OC(=O)[C@H](C)[C@@H](O[C@H]2C[C@@](C)(OC)[C@@H](O)[C@H](C)O2)[C@H](C)[C@@H](O[C@@H]2O[C@H](C)C[C@H](N(C)CCCNC(=O)C=Cc3cc4c(s3)-c3cc(Cl)ccc3Sc3ccccc3-4)[C@H]2O)[C@](C)(OC)C[C@@H](C)C(=O)[C@H](C)[C@@H](O)[C@]1(C)O. The number of ketones is 1. The van der Waals surface area contributed by atoms with E-state index in [9.17, 15) is 34.8 Å². The fourth-order valence-corrected chi connectivity index (χ4v) is 14.4. The normalized spacial score (nSPS) is 37.0. The molecule has 19 heteroatoms. The van der Waals surface area contributed by atoms with Crippen molar-refractivity contribution < 1.29 is 68.0 Å². The number of aliphatic hydroxyl groups excluding tert-OH is 3. The first-order valence-electron chi connectivity index (χ1n) is 27.4. The molecular weight excluding hydrogens is 1060 g/mol. The lowest BCUT2D eigenvalue weighted by molar-refractivity contribution is -0.319. The summed E-state index contributed by atoms with van der Waals surface area (Å²) in [6, 6.07) is 15.9. The van der Waals surface area contributed by atoms with E-state index < -0.39 is 108 Å². The van der Waals surface area contributed by atoms with Crippen LogP contribution in [-0.4, -0.2) is 162 Å². The number of aliphatic hydroxyl groups is 4. The first-order chi connectivity index (χ1) is 36.8. The van der Waals surface area contributed by atoms with Gasteiger partial charge in [0.25, 0.3) is 0 Å². The zero-order chi connectivity index (χ0) is 57.2. The third kappa shape index (κ3) is 13.4. The fourth-order valence-electron chi connectivity index (χ4n) is 12.0. The van der Waals surface area contributed by atoms with Crippen LogP contribution in [0, 0.1) is 23.7 Å². The number of benzene rings is 2. The molecule has 4 aliphatic heterocycles. The average molecular weight is 1140 g/mol. The Bertz CT molecular complexity index is 2600. The van der Waals surface area contributed by atoms with Crippen LogP contribution in [0.4, 0.5) is 0 Å². The van der Waals surface area contributed by atoms with E-state index in [-0.39, 0.29) is 37.1 Å². The maximum absolute atomic E-state index is 14.5. The Kier molecular flexibility index (Phi) is 20.7. The Hall–Kier alpha value is -3.31. The number of halogens is 1. The number of nitrogens with zero attached hydrogens (tertiary/aromatic N) is 1. The highest BCUT2D eigenvalue weighted by Crippen LogP contribution is 2.52. The molecule has 0 radical (unpaired) electrons. The smallest absolute Gasteiger partial charge is 0.311 e. The van der Waals surface area contributed by atoms with Gasteiger partial charge in [0.1, 0.15) is 29.7 Å². The van der Waals surface area contributed by atoms with Crippen molar-refractivity contribution in [1.29, 1.82) is 0 Å². The summed E-state index contributed by atoms with van der Waals surface area (Å²) in [5.74, 6) is -5.02. The Morgan fingerprint density at radius 2 is 1.58 bits per heavy atom. The Labute approximate surface area is 473 Å². The molecule has 0 bridgehead atoms. The largest absolute Gasteiger partial charge is 0.459 e. The van der Waals surface area contributed by atoms with Crippen LogP contribution < -0.4 is 5.32 Å². The standard InChI is InChI=1S/C59H83ClN2O14S2/c1-14-45-59(10,69)52(66)33(4)48(64)31(2)29-58(9,71-13)54(34(5)50(35(6)55(68)74-45)75-47-30-57(8,70-12)53(67)36(7)73-47)76-56-49(65)42(26-32(3)72-56)62(11)25-17-24-61-46(63)23-21-38-28-40-39-18-15-16-19-43(39)78-44-22-20-37(60)27-41(44)51(40)77-38/h15-16,18-23,27-28,31-36,42,45,47,49-50,52-54,56,65-67,69H,14,17,24-26,29-30H2,1-13H3,(H,61,63)/t31-,32-,33+,34+,35-,36+,42+,45-,47+,49-,50+,52-,53+,54-,56+,57-,58-,59-/m1/s1. The van der Waals surface area contributed by atoms with Gasteiger partial charge < -0.3 is 63.8 Å². The molecule has 5 N–H and O–H groups in total. The number of hydrogen-bond donors (Lipinski definition) is 5. The lowest BCUT2D eigenvalue weighted by atomic mass is 9.74. The number of nitrogens with one attached hydrogen (secondary N) is 1. The van der Waals surface area contributed by atoms with Crippen molar-refractivity contribution >= 4 is 58.4 Å². The summed E-state index contributed by atoms with van der Waals surface area (Å²) < 4.78 is 44.8. The summed E-state index contributed by atoms with van der Waals surface area (Å²) in [5.41, 5.74) is -1.14. The van der Waals surface area contributed by atoms with Crippen molar-refractivity contribution in [2.45, 2.75) is 195 Å². The Morgan fingerprint density at radius 3 is 2.27 bits per heavy atom. The minimum Gasteiger partial charge on any atom is -0.459 e. The van der Waals surface area contributed by atoms with Gasteiger partial charge in [-0.15, -0.1) is 11.3 Å². The second-order valence-corrected chi connectivity index (χ2v) is 25.4. The van der Waals surface area contributed by atoms with Crippen LogP contribution in [0.15, 0.2) is 64.4 Å². The van der Waals surface area contributed by atoms with Crippen molar-refractivity contribution in [3.8, 4) is 21.6 Å². The Balaban J connectivity index is 1.09. The van der Waals surface area contributed by atoms with Crippen molar-refractivity contribution in [1.82, 2.24) is 10.2 Å². The van der Waals surface area contributed by atoms with Gasteiger partial charge in [-0.2, -0.15) is 0 Å². The van der Waals surface area contributed by atoms with E-state index in [0.29, 0.717) is 31.0 Å². The molecule has 2 aromatic carbocycles. The van der Waals surface area contributed by atoms with Gasteiger partial charge in [0, 0.05) is 92.8 Å². The minimum atomic E-state index is -2.01. The first kappa shape index (κ1) is 62.3. The average Bonchev–Trinajstić information content (AvgIpc) is 3.99. The number of carbonyl (C=O) groups is 3. The van der Waals surface area contributed by atoms with E-state index in [1.54, 1.807) is 77.6 Å². The highest BCUT2D eigenvalue weighted by atomic mass is 35.5. The summed E-state index contributed by atoms with van der Waals surface area (Å²) in [5, 5.41) is 50.6. The van der Waals surface area contributed by atoms with Crippen LogP contribution in [-0.2, 0) is 47.5 Å². The molecule has 0 spiro atoms. The van der Waals surface area contributed by atoms with E-state index in [1.165, 1.54) is 21.1 Å². The van der Waals surface area contributed by atoms with Gasteiger partial charge in [-0.05, 0) is 123 Å². The van der Waals surface area contributed by atoms with Crippen molar-refractivity contribution in [3.63, 3.8) is 0 Å². The molecule has 3 aromatic rings. The molecule has 16 nitrogen and oxygen atoms in total. The molecule has 432 valence electrons.